The molecule has 0 saturated carbocycles. The van der Waals surface area contributed by atoms with Gasteiger partial charge in [-0.25, -0.2) is 29.0 Å². The SMILES string of the molecule is COc1cc(C=Cc2nc3c(OC)ccc(C)n3n2)nc2ccccc12.COc1cc(C=Cc2nc3cccc(C)n3n2)nc2ccccc12. The molecule has 0 aliphatic carbocycles. The summed E-state index contributed by atoms with van der Waals surface area (Å²) in [6.07, 6.45) is 7.48. The van der Waals surface area contributed by atoms with Crippen molar-refractivity contribution in [1.29, 1.82) is 0 Å². The molecule has 50 heavy (non-hydrogen) atoms. The minimum atomic E-state index is 0.589. The predicted molar refractivity (Wildman–Crippen MR) is 196 cm³/mol. The Labute approximate surface area is 288 Å². The van der Waals surface area contributed by atoms with Crippen molar-refractivity contribution in [1.82, 2.24) is 39.2 Å². The van der Waals surface area contributed by atoms with Crippen molar-refractivity contribution in [2.24, 2.45) is 0 Å². The van der Waals surface area contributed by atoms with Crippen LogP contribution in [0.4, 0.5) is 0 Å². The molecular formula is C39H34N8O3. The monoisotopic (exact) mass is 662 g/mol. The minimum Gasteiger partial charge on any atom is -0.496 e. The third-order valence-corrected chi connectivity index (χ3v) is 8.08. The van der Waals surface area contributed by atoms with Gasteiger partial charge < -0.3 is 14.2 Å². The Morgan fingerprint density at radius 2 is 1.04 bits per heavy atom. The van der Waals surface area contributed by atoms with Gasteiger partial charge in [0.1, 0.15) is 11.5 Å². The Hall–Kier alpha value is -6.62. The predicted octanol–water partition coefficient (Wildman–Crippen LogP) is 7.54. The van der Waals surface area contributed by atoms with Gasteiger partial charge in [-0.3, -0.25) is 0 Å². The van der Waals surface area contributed by atoms with E-state index < -0.39 is 0 Å². The molecule has 0 amide bonds. The zero-order chi connectivity index (χ0) is 34.6. The summed E-state index contributed by atoms with van der Waals surface area (Å²) in [5.74, 6) is 3.52. The van der Waals surface area contributed by atoms with Crippen LogP contribution in [0.1, 0.15) is 34.4 Å². The molecule has 11 nitrogen and oxygen atoms in total. The van der Waals surface area contributed by atoms with Gasteiger partial charge >= 0.3 is 0 Å². The second-order valence-electron chi connectivity index (χ2n) is 11.4. The molecule has 0 saturated heterocycles. The number of hydrogen-bond acceptors (Lipinski definition) is 9. The average Bonchev–Trinajstić information content (AvgIpc) is 3.79. The fourth-order valence-electron chi connectivity index (χ4n) is 5.58. The maximum absolute atomic E-state index is 5.49. The number of methoxy groups -OCH3 is 3. The van der Waals surface area contributed by atoms with Crippen LogP contribution < -0.4 is 14.2 Å². The van der Waals surface area contributed by atoms with Crippen LogP contribution in [0.2, 0.25) is 0 Å². The fraction of sp³-hybridized carbons (Fsp3) is 0.128. The molecule has 0 bridgehead atoms. The van der Waals surface area contributed by atoms with E-state index in [2.05, 4.69) is 30.1 Å². The van der Waals surface area contributed by atoms with Crippen molar-refractivity contribution in [3.8, 4) is 17.2 Å². The number of aromatic nitrogens is 8. The third-order valence-electron chi connectivity index (χ3n) is 8.08. The number of rotatable bonds is 7. The lowest BCUT2D eigenvalue weighted by atomic mass is 10.2. The number of nitrogens with zero attached hydrogens (tertiary/aromatic N) is 8. The second kappa shape index (κ2) is 13.9. The molecule has 8 rings (SSSR count). The largest absolute Gasteiger partial charge is 0.496 e. The summed E-state index contributed by atoms with van der Waals surface area (Å²) in [5, 5.41) is 11.0. The fourth-order valence-corrected chi connectivity index (χ4v) is 5.58. The van der Waals surface area contributed by atoms with Crippen LogP contribution in [0.3, 0.4) is 0 Å². The van der Waals surface area contributed by atoms with Gasteiger partial charge in [0.15, 0.2) is 28.7 Å². The van der Waals surface area contributed by atoms with Crippen molar-refractivity contribution in [3.63, 3.8) is 0 Å². The highest BCUT2D eigenvalue weighted by atomic mass is 16.5. The normalized spacial score (nSPS) is 11.5. The van der Waals surface area contributed by atoms with Gasteiger partial charge in [-0.2, -0.15) is 0 Å². The van der Waals surface area contributed by atoms with Crippen LogP contribution in [-0.2, 0) is 0 Å². The molecule has 0 aliphatic rings. The summed E-state index contributed by atoms with van der Waals surface area (Å²) in [6, 6.07) is 29.4. The Morgan fingerprint density at radius 3 is 1.62 bits per heavy atom. The summed E-state index contributed by atoms with van der Waals surface area (Å²) in [4.78, 5) is 18.3. The van der Waals surface area contributed by atoms with E-state index in [-0.39, 0.29) is 0 Å². The molecule has 6 heterocycles. The van der Waals surface area contributed by atoms with Gasteiger partial charge in [-0.1, -0.05) is 30.3 Å². The van der Waals surface area contributed by atoms with Crippen molar-refractivity contribution < 1.29 is 14.2 Å². The van der Waals surface area contributed by atoms with Gasteiger partial charge in [0.05, 0.1) is 43.8 Å². The van der Waals surface area contributed by atoms with Crippen LogP contribution >= 0.6 is 0 Å². The molecular weight excluding hydrogens is 628 g/mol. The van der Waals surface area contributed by atoms with E-state index in [4.69, 9.17) is 14.2 Å². The number of pyridine rings is 4. The van der Waals surface area contributed by atoms with Crippen molar-refractivity contribution in [2.75, 3.05) is 21.3 Å². The van der Waals surface area contributed by atoms with Crippen LogP contribution in [0.25, 0.3) is 57.4 Å². The molecule has 2 aromatic carbocycles. The molecule has 0 fully saturated rings. The molecule has 0 N–H and O–H groups in total. The van der Waals surface area contributed by atoms with E-state index in [0.29, 0.717) is 23.0 Å². The molecule has 6 aromatic heterocycles. The number of benzene rings is 2. The average molecular weight is 663 g/mol. The highest BCUT2D eigenvalue weighted by molar-refractivity contribution is 5.88. The summed E-state index contributed by atoms with van der Waals surface area (Å²) in [5.41, 5.74) is 6.92. The highest BCUT2D eigenvalue weighted by Gasteiger charge is 2.10. The Morgan fingerprint density at radius 1 is 0.500 bits per heavy atom. The maximum atomic E-state index is 5.49. The molecule has 0 radical (unpaired) electrons. The van der Waals surface area contributed by atoms with E-state index in [9.17, 15) is 0 Å². The highest BCUT2D eigenvalue weighted by Crippen LogP contribution is 2.27. The van der Waals surface area contributed by atoms with Crippen molar-refractivity contribution in [3.05, 3.63) is 125 Å². The van der Waals surface area contributed by atoms with E-state index >= 15 is 0 Å². The summed E-state index contributed by atoms with van der Waals surface area (Å²) in [6.45, 7) is 3.98. The zero-order valence-corrected chi connectivity index (χ0v) is 28.3. The summed E-state index contributed by atoms with van der Waals surface area (Å²) in [7, 11) is 4.95. The van der Waals surface area contributed by atoms with Crippen molar-refractivity contribution in [2.45, 2.75) is 13.8 Å². The number of hydrogen-bond donors (Lipinski definition) is 0. The van der Waals surface area contributed by atoms with E-state index in [1.165, 1.54) is 0 Å². The second-order valence-corrected chi connectivity index (χ2v) is 11.4. The Bertz CT molecular complexity index is 2550. The lowest BCUT2D eigenvalue weighted by Crippen LogP contribution is -1.95. The first-order valence-electron chi connectivity index (χ1n) is 15.9. The molecule has 248 valence electrons. The first-order chi connectivity index (χ1) is 24.4. The number of fused-ring (bicyclic) bond motifs is 4. The molecule has 0 atom stereocenters. The number of ether oxygens (including phenoxy) is 3. The van der Waals surface area contributed by atoms with E-state index in [0.717, 1.165) is 61.7 Å². The maximum Gasteiger partial charge on any atom is 0.198 e. The minimum absolute atomic E-state index is 0.589. The molecule has 0 aliphatic heterocycles. The Kier molecular flexibility index (Phi) is 8.85. The smallest absolute Gasteiger partial charge is 0.198 e. The van der Waals surface area contributed by atoms with E-state index in [1.54, 1.807) is 25.8 Å². The first-order valence-corrected chi connectivity index (χ1v) is 15.9. The number of aryl methyl sites for hydroxylation is 2. The van der Waals surface area contributed by atoms with Crippen LogP contribution in [0.15, 0.2) is 91.0 Å². The molecule has 0 unspecified atom stereocenters. The van der Waals surface area contributed by atoms with Crippen LogP contribution in [-0.4, -0.2) is 60.5 Å². The third kappa shape index (κ3) is 6.44. The van der Waals surface area contributed by atoms with E-state index in [1.807, 2.05) is 134 Å². The van der Waals surface area contributed by atoms with Crippen molar-refractivity contribution >= 4 is 57.4 Å². The lowest BCUT2D eigenvalue weighted by molar-refractivity contribution is 0.416. The van der Waals surface area contributed by atoms with Gasteiger partial charge in [0.25, 0.3) is 0 Å². The van der Waals surface area contributed by atoms with Gasteiger partial charge in [-0.05, 0) is 86.7 Å². The molecule has 8 aromatic rings. The van der Waals surface area contributed by atoms with Gasteiger partial charge in [-0.15, -0.1) is 10.2 Å². The van der Waals surface area contributed by atoms with Gasteiger partial charge in [0.2, 0.25) is 0 Å². The topological polar surface area (TPSA) is 114 Å². The summed E-state index contributed by atoms with van der Waals surface area (Å²) < 4.78 is 19.9. The first kappa shape index (κ1) is 32.0. The Balaban J connectivity index is 0.000000157. The van der Waals surface area contributed by atoms with Crippen LogP contribution in [0.5, 0.6) is 17.2 Å². The summed E-state index contributed by atoms with van der Waals surface area (Å²) >= 11 is 0. The van der Waals surface area contributed by atoms with Crippen LogP contribution in [0, 0.1) is 13.8 Å². The molecule has 0 spiro atoms. The number of para-hydroxylation sites is 2. The van der Waals surface area contributed by atoms with Gasteiger partial charge in [0, 0.05) is 34.3 Å². The quantitative estimate of drug-likeness (QED) is 0.171. The lowest BCUT2D eigenvalue weighted by Gasteiger charge is -2.06. The zero-order valence-electron chi connectivity index (χ0n) is 28.3. The molecule has 11 heteroatoms. The standard InChI is InChI=1S/C20H18N4O2.C19H16N4O/c1-13-8-10-17(25-2)20-22-19(23-24(13)20)11-9-14-12-18(26-3)15-6-4-5-7-16(15)21-14;1-13-6-5-9-19-21-18(22-23(13)19)11-10-14-12-17(24-2)15-7-3-4-8-16(15)20-14/h4-12H,1-3H3;3-12H,1-2H3.